The Hall–Kier alpha value is -3.43. The van der Waals surface area contributed by atoms with Crippen molar-refractivity contribution in [3.05, 3.63) is 116 Å². The molecule has 2 aliphatic rings. The fourth-order valence-corrected chi connectivity index (χ4v) is 7.60. The Labute approximate surface area is 364 Å². The molecule has 0 radical (unpaired) electrons. The third kappa shape index (κ3) is 11.6. The molecule has 0 N–H and O–H groups in total. The van der Waals surface area contributed by atoms with Gasteiger partial charge in [-0.2, -0.15) is 0 Å². The number of benzene rings is 4. The van der Waals surface area contributed by atoms with E-state index in [9.17, 15) is 0 Å². The number of hydrogen-bond donors (Lipinski definition) is 0. The summed E-state index contributed by atoms with van der Waals surface area (Å²) in [4.78, 5) is 0. The molecule has 0 saturated heterocycles. The fraction of sp³-hybridized carbons (Fsp3) is 0.385. The monoisotopic (exact) mass is 930 g/mol. The predicted octanol–water partition coefficient (Wildman–Crippen LogP) is 13.6. The number of halogens is 2. The first-order valence-corrected chi connectivity index (χ1v) is 20.2. The molecule has 0 saturated carbocycles. The van der Waals surface area contributed by atoms with Gasteiger partial charge < -0.3 is 0 Å². The molecule has 0 fully saturated rings. The summed E-state index contributed by atoms with van der Waals surface area (Å²) in [5, 5.41) is 0. The average molecular weight is 930 g/mol. The second kappa shape index (κ2) is 23.6. The largest absolute Gasteiger partial charge is 0.147 e. The first kappa shape index (κ1) is 46.0. The second-order valence-corrected chi connectivity index (χ2v) is 14.5. The van der Waals surface area contributed by atoms with Gasteiger partial charge in [-0.05, 0) is 143 Å². The minimum absolute atomic E-state index is 0. The van der Waals surface area contributed by atoms with Gasteiger partial charge in [-0.3, -0.25) is 0 Å². The zero-order valence-corrected chi connectivity index (χ0v) is 38.6. The first-order chi connectivity index (χ1) is 25.6. The third-order valence-corrected chi connectivity index (χ3v) is 10.5. The molecular weight excluding hydrogens is 874 g/mol. The van der Waals surface area contributed by atoms with Crippen LogP contribution in [0.25, 0.3) is 22.3 Å². The number of hydrogen-bond acceptors (Lipinski definition) is 0. The number of fused-ring (bicyclic) bond motifs is 6. The van der Waals surface area contributed by atoms with Gasteiger partial charge in [-0.1, -0.05) is 125 Å². The molecule has 0 spiro atoms. The van der Waals surface area contributed by atoms with Gasteiger partial charge >= 0.3 is 0 Å². The van der Waals surface area contributed by atoms with Crippen molar-refractivity contribution in [2.45, 2.75) is 130 Å². The number of rotatable bonds is 11. The van der Waals surface area contributed by atoms with Crippen molar-refractivity contribution in [1.29, 1.82) is 0 Å². The SMILES string of the molecule is CCCCC#Cc1ccc2c(c1)Cc1c-2ccc(C#CCCCC)c1CCc1c(C#CCCCC)ccc2c1Cc1cc(C#CCCCC)ccc1-2.Cl.Cl.[Hf]. The molecule has 0 atom stereocenters. The molecule has 282 valence electrons. The van der Waals surface area contributed by atoms with Crippen LogP contribution in [0.4, 0.5) is 0 Å². The molecule has 55 heavy (non-hydrogen) atoms. The van der Waals surface area contributed by atoms with Crippen LogP contribution in [-0.4, -0.2) is 0 Å². The molecule has 0 unspecified atom stereocenters. The van der Waals surface area contributed by atoms with Gasteiger partial charge in [-0.25, -0.2) is 0 Å². The summed E-state index contributed by atoms with van der Waals surface area (Å²) < 4.78 is 0. The topological polar surface area (TPSA) is 0 Å². The third-order valence-electron chi connectivity index (χ3n) is 10.5. The van der Waals surface area contributed by atoms with Crippen LogP contribution < -0.4 is 0 Å². The van der Waals surface area contributed by atoms with Crippen LogP contribution in [0, 0.1) is 47.4 Å². The Kier molecular flexibility index (Phi) is 19.7. The predicted molar refractivity (Wildman–Crippen MR) is 237 cm³/mol. The van der Waals surface area contributed by atoms with E-state index in [2.05, 4.69) is 136 Å². The Bertz CT molecular complexity index is 2020. The molecule has 3 heteroatoms. The molecule has 2 aliphatic carbocycles. The summed E-state index contributed by atoms with van der Waals surface area (Å²) in [7, 11) is 0. The van der Waals surface area contributed by atoms with Gasteiger partial charge in [0.25, 0.3) is 0 Å². The van der Waals surface area contributed by atoms with Crippen LogP contribution in [0.3, 0.4) is 0 Å². The van der Waals surface area contributed by atoms with Crippen molar-refractivity contribution in [2.24, 2.45) is 0 Å². The van der Waals surface area contributed by atoms with Crippen LogP contribution in [0.15, 0.2) is 60.7 Å². The average Bonchev–Trinajstić information content (AvgIpc) is 3.73. The molecule has 4 aromatic rings. The first-order valence-electron chi connectivity index (χ1n) is 20.2. The van der Waals surface area contributed by atoms with Gasteiger partial charge in [0.2, 0.25) is 0 Å². The van der Waals surface area contributed by atoms with Gasteiger partial charge in [0, 0.05) is 73.8 Å². The van der Waals surface area contributed by atoms with E-state index in [0.29, 0.717) is 0 Å². The van der Waals surface area contributed by atoms with E-state index in [-0.39, 0.29) is 50.7 Å². The van der Waals surface area contributed by atoms with Crippen molar-refractivity contribution >= 4 is 24.8 Å². The molecule has 0 amide bonds. The van der Waals surface area contributed by atoms with Crippen molar-refractivity contribution in [3.8, 4) is 69.6 Å². The van der Waals surface area contributed by atoms with Gasteiger partial charge in [0.05, 0.1) is 0 Å². The van der Waals surface area contributed by atoms with Crippen LogP contribution in [0.1, 0.15) is 160 Å². The van der Waals surface area contributed by atoms with Gasteiger partial charge in [0.1, 0.15) is 0 Å². The van der Waals surface area contributed by atoms with Crippen molar-refractivity contribution < 1.29 is 25.8 Å². The fourth-order valence-electron chi connectivity index (χ4n) is 7.60. The van der Waals surface area contributed by atoms with E-state index in [1.54, 1.807) is 0 Å². The molecule has 6 rings (SSSR count). The quantitative estimate of drug-likeness (QED) is 0.0690. The van der Waals surface area contributed by atoms with Crippen LogP contribution >= 0.6 is 24.8 Å². The minimum Gasteiger partial charge on any atom is -0.147 e. The summed E-state index contributed by atoms with van der Waals surface area (Å²) in [6.45, 7) is 8.93. The normalized spacial score (nSPS) is 10.8. The Morgan fingerprint density at radius 1 is 0.436 bits per heavy atom. The van der Waals surface area contributed by atoms with E-state index >= 15 is 0 Å². The maximum atomic E-state index is 3.64. The molecule has 0 aliphatic heterocycles. The zero-order chi connectivity index (χ0) is 36.1. The van der Waals surface area contributed by atoms with E-state index in [1.807, 2.05) is 0 Å². The second-order valence-electron chi connectivity index (χ2n) is 14.5. The van der Waals surface area contributed by atoms with E-state index in [1.165, 1.54) is 92.4 Å². The zero-order valence-electron chi connectivity index (χ0n) is 33.4. The van der Waals surface area contributed by atoms with Crippen LogP contribution in [0.2, 0.25) is 0 Å². The Balaban J connectivity index is 0.00000271. The summed E-state index contributed by atoms with van der Waals surface area (Å²) in [5.74, 6) is 28.0. The summed E-state index contributed by atoms with van der Waals surface area (Å²) in [6, 6.07) is 22.9. The van der Waals surface area contributed by atoms with Crippen molar-refractivity contribution in [3.63, 3.8) is 0 Å². The molecular formula is C52H56Cl2Hf. The molecule has 0 bridgehead atoms. The van der Waals surface area contributed by atoms with E-state index in [0.717, 1.165) is 88.2 Å². The molecule has 0 aromatic heterocycles. The summed E-state index contributed by atoms with van der Waals surface area (Å²) in [5.41, 5.74) is 18.6. The van der Waals surface area contributed by atoms with Gasteiger partial charge in [0.15, 0.2) is 0 Å². The van der Waals surface area contributed by atoms with Crippen molar-refractivity contribution in [2.75, 3.05) is 0 Å². The molecule has 0 heterocycles. The van der Waals surface area contributed by atoms with Crippen LogP contribution in [0.5, 0.6) is 0 Å². The standard InChI is InChI=1S/C52H54.2ClH.Hf/c1-5-9-13-17-21-39-25-29-47-43(35-39)37-51-45(41(27-31-49(47)51)23-19-15-11-7-3)33-34-46-42(24-20-16-12-8-4)28-32-50-48-30-26-40(22-18-14-10-6-2)36-44(48)38-52(46)50;;;/h25-32,35-36H,5-16,33-34,37-38H2,1-4H3;2*1H;. The molecule has 4 aromatic carbocycles. The van der Waals surface area contributed by atoms with Crippen molar-refractivity contribution in [1.82, 2.24) is 0 Å². The Morgan fingerprint density at radius 3 is 1.15 bits per heavy atom. The van der Waals surface area contributed by atoms with Crippen LogP contribution in [-0.2, 0) is 51.5 Å². The minimum atomic E-state index is 0. The maximum absolute atomic E-state index is 3.64. The van der Waals surface area contributed by atoms with Gasteiger partial charge in [-0.15, -0.1) is 24.8 Å². The summed E-state index contributed by atoms with van der Waals surface area (Å²) >= 11 is 0. The molecule has 0 nitrogen and oxygen atoms in total. The Morgan fingerprint density at radius 2 is 0.782 bits per heavy atom. The maximum Gasteiger partial charge on any atom is 0.0280 e. The smallest absolute Gasteiger partial charge is 0.0280 e. The summed E-state index contributed by atoms with van der Waals surface area (Å²) in [6.07, 6.45) is 16.9. The van der Waals surface area contributed by atoms with E-state index < -0.39 is 0 Å². The number of unbranched alkanes of at least 4 members (excludes halogenated alkanes) is 8. The van der Waals surface area contributed by atoms with E-state index in [4.69, 9.17) is 0 Å².